The highest BCUT2D eigenvalue weighted by molar-refractivity contribution is 8.47. The van der Waals surface area contributed by atoms with Crippen LogP contribution in [0.15, 0.2) is 30.3 Å². The van der Waals surface area contributed by atoms with E-state index >= 15 is 0 Å². The number of aliphatic carboxylic acids is 1. The Morgan fingerprint density at radius 3 is 2.39 bits per heavy atom. The van der Waals surface area contributed by atoms with Crippen molar-refractivity contribution in [3.63, 3.8) is 0 Å². The summed E-state index contributed by atoms with van der Waals surface area (Å²) in [5, 5.41) is 9.28. The number of carboxylic acids is 1. The van der Waals surface area contributed by atoms with Gasteiger partial charge in [0, 0.05) is 5.25 Å². The van der Waals surface area contributed by atoms with E-state index in [2.05, 4.69) is 6.92 Å². The molecule has 1 aromatic rings. The largest absolute Gasteiger partial charge is 0.480 e. The molecule has 5 heteroatoms. The molecule has 1 atom stereocenters. The summed E-state index contributed by atoms with van der Waals surface area (Å²) in [4.78, 5) is 11.0. The Hall–Kier alpha value is -0.520. The molecule has 0 saturated heterocycles. The summed E-state index contributed by atoms with van der Waals surface area (Å²) in [5.74, 6) is -0.845. The van der Waals surface area contributed by atoms with Crippen LogP contribution in [0.25, 0.3) is 0 Å². The number of carbonyl (C=O) groups is 1. The zero-order valence-corrected chi connectivity index (χ0v) is 13.0. The van der Waals surface area contributed by atoms with Crippen LogP contribution in [-0.4, -0.2) is 19.4 Å². The second kappa shape index (κ2) is 6.59. The smallest absolute Gasteiger partial charge is 0.319 e. The van der Waals surface area contributed by atoms with E-state index in [1.165, 1.54) is 29.1 Å². The molecule has 98 valence electrons. The van der Waals surface area contributed by atoms with E-state index in [-0.39, 0.29) is 5.25 Å². The monoisotopic (exact) mass is 300 g/mol. The molecule has 0 aliphatic heterocycles. The molecule has 2 nitrogen and oxygen atoms in total. The molecule has 0 bridgehead atoms. The van der Waals surface area contributed by atoms with E-state index < -0.39 is 10.7 Å². The predicted molar refractivity (Wildman–Crippen MR) is 84.4 cm³/mol. The summed E-state index contributed by atoms with van der Waals surface area (Å²) in [6.45, 7) is 5.40. The fraction of sp³-hybridized carbons (Fsp3) is 0.385. The van der Waals surface area contributed by atoms with E-state index in [0.29, 0.717) is 3.53 Å². The summed E-state index contributed by atoms with van der Waals surface area (Å²) >= 11 is 8.02. The van der Waals surface area contributed by atoms with Gasteiger partial charge in [-0.25, -0.2) is 0 Å². The molecule has 1 unspecified atom stereocenters. The number of hydrogen-bond acceptors (Lipinski definition) is 4. The highest BCUT2D eigenvalue weighted by Crippen LogP contribution is 2.37. The first-order valence-electron chi connectivity index (χ1n) is 5.51. The van der Waals surface area contributed by atoms with Crippen LogP contribution in [0.1, 0.15) is 31.6 Å². The molecule has 1 N–H and O–H groups in total. The van der Waals surface area contributed by atoms with Crippen molar-refractivity contribution < 1.29 is 9.90 Å². The standard InChI is InChI=1S/C13H16O2S3/c1-9(10-7-5-4-6-8-10)17-12(16)18-13(2,3)11(14)15/h4-9H,1-3H3,(H,14,15). The normalized spacial score (nSPS) is 13.1. The molecular weight excluding hydrogens is 284 g/mol. The molecular formula is C13H16O2S3. The molecule has 18 heavy (non-hydrogen) atoms. The van der Waals surface area contributed by atoms with Crippen LogP contribution in [0.2, 0.25) is 0 Å². The minimum Gasteiger partial charge on any atom is -0.480 e. The quantitative estimate of drug-likeness (QED) is 0.836. The van der Waals surface area contributed by atoms with Gasteiger partial charge in [0.1, 0.15) is 8.28 Å². The van der Waals surface area contributed by atoms with Gasteiger partial charge in [0.2, 0.25) is 0 Å². The SMILES string of the molecule is CC(SC(=S)SC(C)(C)C(=O)O)c1ccccc1. The van der Waals surface area contributed by atoms with E-state index in [0.717, 1.165) is 0 Å². The predicted octanol–water partition coefficient (Wildman–Crippen LogP) is 4.36. The Kier molecular flexibility index (Phi) is 5.69. The summed E-state index contributed by atoms with van der Waals surface area (Å²) in [6.07, 6.45) is 0. The van der Waals surface area contributed by atoms with Crippen molar-refractivity contribution in [3.8, 4) is 0 Å². The first kappa shape index (κ1) is 15.5. The maximum absolute atomic E-state index is 11.0. The van der Waals surface area contributed by atoms with Gasteiger partial charge < -0.3 is 5.11 Å². The van der Waals surface area contributed by atoms with Crippen molar-refractivity contribution in [1.29, 1.82) is 0 Å². The van der Waals surface area contributed by atoms with E-state index in [1.54, 1.807) is 13.8 Å². The fourth-order valence-corrected chi connectivity index (χ4v) is 4.61. The van der Waals surface area contributed by atoms with Crippen molar-refractivity contribution in [2.24, 2.45) is 0 Å². The van der Waals surface area contributed by atoms with Gasteiger partial charge in [0.05, 0.1) is 0 Å². The van der Waals surface area contributed by atoms with Crippen molar-refractivity contribution in [1.82, 2.24) is 0 Å². The second-order valence-electron chi connectivity index (χ2n) is 4.34. The summed E-state index contributed by atoms with van der Waals surface area (Å²) in [6, 6.07) is 10.1. The third kappa shape index (κ3) is 4.63. The van der Waals surface area contributed by atoms with Crippen LogP contribution in [0.4, 0.5) is 0 Å². The van der Waals surface area contributed by atoms with Crippen LogP contribution >= 0.6 is 35.7 Å². The molecule has 0 heterocycles. The second-order valence-corrected chi connectivity index (χ2v) is 8.51. The van der Waals surface area contributed by atoms with Crippen LogP contribution in [0, 0.1) is 0 Å². The van der Waals surface area contributed by atoms with Gasteiger partial charge in [-0.2, -0.15) is 0 Å². The highest BCUT2D eigenvalue weighted by atomic mass is 32.2. The lowest BCUT2D eigenvalue weighted by molar-refractivity contribution is -0.138. The lowest BCUT2D eigenvalue weighted by Gasteiger charge is -2.20. The average molecular weight is 300 g/mol. The third-order valence-corrected chi connectivity index (χ3v) is 5.14. The lowest BCUT2D eigenvalue weighted by atomic mass is 10.2. The molecule has 1 rings (SSSR count). The topological polar surface area (TPSA) is 37.3 Å². The molecule has 0 fully saturated rings. The minimum atomic E-state index is -0.875. The van der Waals surface area contributed by atoms with E-state index in [1.807, 2.05) is 30.3 Å². The first-order valence-corrected chi connectivity index (χ1v) is 7.61. The number of carboxylic acid groups (broad SMARTS) is 1. The molecule has 0 radical (unpaired) electrons. The molecule has 1 aromatic carbocycles. The third-order valence-electron chi connectivity index (χ3n) is 2.40. The lowest BCUT2D eigenvalue weighted by Crippen LogP contribution is -2.28. The van der Waals surface area contributed by atoms with Crippen LogP contribution in [-0.2, 0) is 4.79 Å². The van der Waals surface area contributed by atoms with Crippen LogP contribution in [0.5, 0.6) is 0 Å². The van der Waals surface area contributed by atoms with Gasteiger partial charge in [-0.15, -0.1) is 0 Å². The van der Waals surface area contributed by atoms with Crippen molar-refractivity contribution in [2.45, 2.75) is 30.8 Å². The number of hydrogen-bond donors (Lipinski definition) is 1. The highest BCUT2D eigenvalue weighted by Gasteiger charge is 2.30. The zero-order valence-electron chi connectivity index (χ0n) is 10.5. The fourth-order valence-electron chi connectivity index (χ4n) is 1.21. The van der Waals surface area contributed by atoms with Crippen molar-refractivity contribution in [3.05, 3.63) is 35.9 Å². The van der Waals surface area contributed by atoms with Gasteiger partial charge >= 0.3 is 5.97 Å². The minimum absolute atomic E-state index is 0.232. The average Bonchev–Trinajstić information content (AvgIpc) is 2.29. The maximum atomic E-state index is 11.0. The van der Waals surface area contributed by atoms with Gasteiger partial charge in [-0.1, -0.05) is 66.1 Å². The van der Waals surface area contributed by atoms with Gasteiger partial charge in [0.25, 0.3) is 0 Å². The van der Waals surface area contributed by atoms with E-state index in [9.17, 15) is 4.79 Å². The Bertz CT molecular complexity index is 429. The van der Waals surface area contributed by atoms with Crippen molar-refractivity contribution >= 4 is 45.2 Å². The number of thioether (sulfide) groups is 2. The van der Waals surface area contributed by atoms with Gasteiger partial charge in [0.15, 0.2) is 0 Å². The number of rotatable bonds is 4. The number of benzene rings is 1. The van der Waals surface area contributed by atoms with Crippen LogP contribution < -0.4 is 0 Å². The molecule has 0 spiro atoms. The Labute approximate surface area is 122 Å². The molecule has 0 aromatic heterocycles. The Morgan fingerprint density at radius 1 is 1.33 bits per heavy atom. The Balaban J connectivity index is 2.58. The molecule has 0 amide bonds. The number of thiocarbonyl (C=S) groups is 1. The summed E-state index contributed by atoms with van der Waals surface area (Å²) in [7, 11) is 0. The maximum Gasteiger partial charge on any atom is 0.319 e. The van der Waals surface area contributed by atoms with Gasteiger partial charge in [-0.3, -0.25) is 4.79 Å². The molecule has 0 aliphatic rings. The van der Waals surface area contributed by atoms with Gasteiger partial charge in [-0.05, 0) is 26.3 Å². The van der Waals surface area contributed by atoms with E-state index in [4.69, 9.17) is 17.3 Å². The Morgan fingerprint density at radius 2 is 1.89 bits per heavy atom. The molecule has 0 saturated carbocycles. The van der Waals surface area contributed by atoms with Crippen LogP contribution in [0.3, 0.4) is 0 Å². The molecule has 0 aliphatic carbocycles. The first-order chi connectivity index (χ1) is 8.33. The summed E-state index contributed by atoms with van der Waals surface area (Å²) < 4.78 is -0.209. The van der Waals surface area contributed by atoms with Crippen molar-refractivity contribution in [2.75, 3.05) is 0 Å². The summed E-state index contributed by atoms with van der Waals surface area (Å²) in [5.41, 5.74) is 1.19. The zero-order chi connectivity index (χ0) is 13.8.